The summed E-state index contributed by atoms with van der Waals surface area (Å²) in [5, 5.41) is -0.0436. The van der Waals surface area contributed by atoms with Gasteiger partial charge in [0, 0.05) is 5.92 Å². The van der Waals surface area contributed by atoms with Crippen molar-refractivity contribution in [1.82, 2.24) is 0 Å². The summed E-state index contributed by atoms with van der Waals surface area (Å²) in [7, 11) is -4.70. The summed E-state index contributed by atoms with van der Waals surface area (Å²) in [5.74, 6) is -0.853. The molecule has 228 valence electrons. The van der Waals surface area contributed by atoms with Gasteiger partial charge in [-0.1, -0.05) is 32.9 Å². The van der Waals surface area contributed by atoms with Crippen molar-refractivity contribution in [2.45, 2.75) is 63.1 Å². The SMILES string of the molecule is COC(=O)c1c(N(C(=O)OC)S(=O)(=O)c2ccc(F)cc2C=C(C)CO[Si](C)(C)C(C)(C)C)ccc2c1OCC1CC21. The van der Waals surface area contributed by atoms with Crippen LogP contribution in [0.1, 0.15) is 61.5 Å². The van der Waals surface area contributed by atoms with Crippen molar-refractivity contribution in [2.24, 2.45) is 5.92 Å². The third-order valence-electron chi connectivity index (χ3n) is 8.24. The molecule has 0 bridgehead atoms. The Hall–Kier alpha value is -3.22. The molecule has 4 rings (SSSR count). The van der Waals surface area contributed by atoms with Gasteiger partial charge in [-0.25, -0.2) is 22.4 Å². The molecule has 0 radical (unpaired) electrons. The molecule has 2 aromatic rings. The molecule has 1 heterocycles. The second-order valence-corrected chi connectivity index (χ2v) is 18.8. The second-order valence-electron chi connectivity index (χ2n) is 12.2. The lowest BCUT2D eigenvalue weighted by Crippen LogP contribution is -2.41. The monoisotopic (exact) mass is 619 g/mol. The molecule has 42 heavy (non-hydrogen) atoms. The highest BCUT2D eigenvalue weighted by Crippen LogP contribution is 2.56. The van der Waals surface area contributed by atoms with Gasteiger partial charge < -0.3 is 18.6 Å². The molecule has 1 fully saturated rings. The van der Waals surface area contributed by atoms with Gasteiger partial charge in [-0.2, -0.15) is 4.31 Å². The summed E-state index contributed by atoms with van der Waals surface area (Å²) in [6, 6.07) is 6.17. The fourth-order valence-corrected chi connectivity index (χ4v) is 7.26. The van der Waals surface area contributed by atoms with Crippen LogP contribution < -0.4 is 9.04 Å². The standard InChI is InChI=1S/C30H38FNO8SSi/c1-18(16-40-42(7,8)30(2,3)4)13-19-14-21(31)9-12-25(19)41(35,36)32(29(34)38-6)24-11-10-22-23-15-20(23)17-39-27(22)26(24)28(33)37-5/h9-14,20,23H,15-17H2,1-8H3. The van der Waals surface area contributed by atoms with Crippen molar-refractivity contribution in [3.05, 3.63) is 58.4 Å². The molecule has 1 saturated carbocycles. The van der Waals surface area contributed by atoms with E-state index < -0.39 is 36.2 Å². The highest BCUT2D eigenvalue weighted by Gasteiger charge is 2.47. The summed E-state index contributed by atoms with van der Waals surface area (Å²) in [5.41, 5.74) is 0.925. The van der Waals surface area contributed by atoms with Gasteiger partial charge in [0.15, 0.2) is 8.32 Å². The molecule has 0 saturated heterocycles. The number of hydrogen-bond acceptors (Lipinski definition) is 8. The summed E-state index contributed by atoms with van der Waals surface area (Å²) in [4.78, 5) is 25.8. The van der Waals surface area contributed by atoms with Gasteiger partial charge in [-0.15, -0.1) is 0 Å². The van der Waals surface area contributed by atoms with Crippen LogP contribution in [0.25, 0.3) is 6.08 Å². The predicted molar refractivity (Wildman–Crippen MR) is 159 cm³/mol. The van der Waals surface area contributed by atoms with E-state index in [1.165, 1.54) is 12.1 Å². The number of halogens is 1. The zero-order valence-electron chi connectivity index (χ0n) is 25.2. The topological polar surface area (TPSA) is 108 Å². The third-order valence-corrected chi connectivity index (χ3v) is 14.5. The van der Waals surface area contributed by atoms with Crippen LogP contribution in [0.3, 0.4) is 0 Å². The quantitative estimate of drug-likeness (QED) is 0.244. The van der Waals surface area contributed by atoms with E-state index in [1.54, 1.807) is 13.0 Å². The summed E-state index contributed by atoms with van der Waals surface area (Å²) >= 11 is 0. The van der Waals surface area contributed by atoms with E-state index in [1.807, 2.05) is 0 Å². The van der Waals surface area contributed by atoms with Crippen molar-refractivity contribution in [3.8, 4) is 5.75 Å². The van der Waals surface area contributed by atoms with Crippen LogP contribution >= 0.6 is 0 Å². The number of anilines is 1. The van der Waals surface area contributed by atoms with Gasteiger partial charge >= 0.3 is 12.1 Å². The number of carbonyl (C=O) groups excluding carboxylic acids is 2. The molecule has 2 aromatic carbocycles. The van der Waals surface area contributed by atoms with Crippen LogP contribution in [0.2, 0.25) is 18.1 Å². The largest absolute Gasteiger partial charge is 0.492 e. The van der Waals surface area contributed by atoms with Crippen molar-refractivity contribution < 1.29 is 41.0 Å². The fourth-order valence-electron chi connectivity index (χ4n) is 4.70. The predicted octanol–water partition coefficient (Wildman–Crippen LogP) is 6.50. The van der Waals surface area contributed by atoms with Crippen molar-refractivity contribution >= 4 is 42.2 Å². The number of amides is 1. The molecule has 2 aliphatic rings. The lowest BCUT2D eigenvalue weighted by atomic mass is 10.00. The van der Waals surface area contributed by atoms with Crippen LogP contribution in [0.5, 0.6) is 5.75 Å². The first-order chi connectivity index (χ1) is 19.5. The van der Waals surface area contributed by atoms with E-state index in [2.05, 4.69) is 33.9 Å². The molecule has 0 aromatic heterocycles. The Kier molecular flexibility index (Phi) is 8.65. The molecule has 12 heteroatoms. The third kappa shape index (κ3) is 5.97. The average molecular weight is 620 g/mol. The summed E-state index contributed by atoms with van der Waals surface area (Å²) in [6.07, 6.45) is 1.14. The number of benzene rings is 2. The number of fused-ring (bicyclic) bond motifs is 3. The highest BCUT2D eigenvalue weighted by molar-refractivity contribution is 7.93. The second kappa shape index (κ2) is 11.5. The van der Waals surface area contributed by atoms with E-state index in [-0.39, 0.29) is 45.0 Å². The molecule has 0 spiro atoms. The number of rotatable bonds is 8. The molecule has 1 aliphatic carbocycles. The summed E-state index contributed by atoms with van der Waals surface area (Å²) in [6.45, 7) is 12.8. The lowest BCUT2D eigenvalue weighted by molar-refractivity contribution is 0.0596. The van der Waals surface area contributed by atoms with Crippen LogP contribution in [0.15, 0.2) is 40.8 Å². The number of carbonyl (C=O) groups is 2. The Morgan fingerprint density at radius 1 is 1.14 bits per heavy atom. The Bertz CT molecular complexity index is 1550. The lowest BCUT2D eigenvalue weighted by Gasteiger charge is -2.36. The first-order valence-corrected chi connectivity index (χ1v) is 18.0. The first kappa shape index (κ1) is 31.7. The van der Waals surface area contributed by atoms with Crippen molar-refractivity contribution in [3.63, 3.8) is 0 Å². The minimum atomic E-state index is -4.77. The van der Waals surface area contributed by atoms with Gasteiger partial charge in [-0.05, 0) is 78.4 Å². The number of nitrogens with zero attached hydrogens (tertiary/aromatic N) is 1. The summed E-state index contributed by atoms with van der Waals surface area (Å²) < 4.78 is 65.4. The molecular weight excluding hydrogens is 581 g/mol. The number of sulfonamides is 1. The minimum Gasteiger partial charge on any atom is -0.492 e. The van der Waals surface area contributed by atoms with Gasteiger partial charge in [0.05, 0.1) is 38.0 Å². The van der Waals surface area contributed by atoms with Gasteiger partial charge in [0.2, 0.25) is 0 Å². The smallest absolute Gasteiger partial charge is 0.428 e. The van der Waals surface area contributed by atoms with Gasteiger partial charge in [-0.3, -0.25) is 0 Å². The maximum atomic E-state index is 14.5. The average Bonchev–Trinajstić information content (AvgIpc) is 3.71. The molecule has 1 aliphatic heterocycles. The number of methoxy groups -OCH3 is 2. The maximum absolute atomic E-state index is 14.5. The molecule has 0 N–H and O–H groups in total. The van der Waals surface area contributed by atoms with E-state index in [0.29, 0.717) is 22.4 Å². The van der Waals surface area contributed by atoms with Crippen LogP contribution in [0.4, 0.5) is 14.9 Å². The van der Waals surface area contributed by atoms with E-state index in [4.69, 9.17) is 18.6 Å². The zero-order valence-corrected chi connectivity index (χ0v) is 27.1. The van der Waals surface area contributed by atoms with E-state index in [0.717, 1.165) is 44.4 Å². The molecule has 9 nitrogen and oxygen atoms in total. The van der Waals surface area contributed by atoms with Crippen LogP contribution in [-0.2, 0) is 23.9 Å². The molecule has 2 unspecified atom stereocenters. The van der Waals surface area contributed by atoms with E-state index in [9.17, 15) is 22.4 Å². The Labute approximate surface area is 247 Å². The van der Waals surface area contributed by atoms with Gasteiger partial charge in [0.25, 0.3) is 10.0 Å². The minimum absolute atomic E-state index is 0.00915. The van der Waals surface area contributed by atoms with Crippen molar-refractivity contribution in [2.75, 3.05) is 31.7 Å². The number of ether oxygens (including phenoxy) is 3. The molecule has 1 amide bonds. The molecule has 2 atom stereocenters. The maximum Gasteiger partial charge on any atom is 0.428 e. The fraction of sp³-hybridized carbons (Fsp3) is 0.467. The van der Waals surface area contributed by atoms with E-state index >= 15 is 0 Å². The first-order valence-electron chi connectivity index (χ1n) is 13.7. The number of hydrogen-bond donors (Lipinski definition) is 0. The normalized spacial score (nSPS) is 18.4. The Morgan fingerprint density at radius 2 is 1.83 bits per heavy atom. The molecular formula is C30H38FNO8SSi. The Balaban J connectivity index is 1.83. The van der Waals surface area contributed by atoms with Crippen LogP contribution in [0, 0.1) is 11.7 Å². The zero-order chi connectivity index (χ0) is 31.2. The number of esters is 1. The van der Waals surface area contributed by atoms with Crippen molar-refractivity contribution in [1.29, 1.82) is 0 Å². The highest BCUT2D eigenvalue weighted by atomic mass is 32.2. The van der Waals surface area contributed by atoms with Gasteiger partial charge in [0.1, 0.15) is 17.1 Å². The van der Waals surface area contributed by atoms with Crippen LogP contribution in [-0.4, -0.2) is 56.2 Å². The Morgan fingerprint density at radius 3 is 2.45 bits per heavy atom.